The molecule has 0 amide bonds. The zero-order chi connectivity index (χ0) is 12.5. The normalized spacial score (nSPS) is 12.6. The van der Waals surface area contributed by atoms with E-state index in [-0.39, 0.29) is 6.10 Å². The van der Waals surface area contributed by atoms with Gasteiger partial charge in [-0.1, -0.05) is 13.0 Å². The molecule has 3 nitrogen and oxygen atoms in total. The van der Waals surface area contributed by atoms with Crippen LogP contribution in [0.3, 0.4) is 0 Å². The first-order valence-electron chi connectivity index (χ1n) is 6.35. The van der Waals surface area contributed by atoms with E-state index in [0.29, 0.717) is 6.61 Å². The van der Waals surface area contributed by atoms with Crippen molar-refractivity contribution in [3.63, 3.8) is 0 Å². The highest BCUT2D eigenvalue weighted by atomic mass is 16.5. The van der Waals surface area contributed by atoms with E-state index in [1.807, 2.05) is 0 Å². The number of rotatable bonds is 9. The maximum Gasteiger partial charge on any atom is 0.0675 e. The van der Waals surface area contributed by atoms with Crippen molar-refractivity contribution in [1.29, 1.82) is 0 Å². The number of aromatic nitrogens is 1. The van der Waals surface area contributed by atoms with Crippen LogP contribution >= 0.6 is 0 Å². The molecule has 0 aliphatic heterocycles. The zero-order valence-corrected chi connectivity index (χ0v) is 11.0. The maximum absolute atomic E-state index is 5.50. The third-order valence-electron chi connectivity index (χ3n) is 2.62. The molecule has 0 spiro atoms. The van der Waals surface area contributed by atoms with Crippen LogP contribution in [0.25, 0.3) is 0 Å². The van der Waals surface area contributed by atoms with Gasteiger partial charge in [-0.3, -0.25) is 0 Å². The summed E-state index contributed by atoms with van der Waals surface area (Å²) in [5.74, 6) is 0. The summed E-state index contributed by atoms with van der Waals surface area (Å²) < 4.78 is 7.79. The van der Waals surface area contributed by atoms with Gasteiger partial charge in [0.05, 0.1) is 12.7 Å². The monoisotopic (exact) mass is 236 g/mol. The predicted molar refractivity (Wildman–Crippen MR) is 72.0 cm³/mol. The third kappa shape index (κ3) is 5.20. The second-order valence-corrected chi connectivity index (χ2v) is 4.26. The van der Waals surface area contributed by atoms with Crippen molar-refractivity contribution in [3.8, 4) is 0 Å². The standard InChI is InChI=1S/C14H24N2O/c1-4-8-16-9-6-7-14(16)12-15-11-13(3)17-10-5-2/h5-7,9,13,15H,2,4,8,10-12H2,1,3H3. The summed E-state index contributed by atoms with van der Waals surface area (Å²) in [6, 6.07) is 4.27. The minimum atomic E-state index is 0.225. The van der Waals surface area contributed by atoms with E-state index < -0.39 is 0 Å². The molecule has 0 aliphatic carbocycles. The van der Waals surface area contributed by atoms with E-state index in [1.54, 1.807) is 6.08 Å². The highest BCUT2D eigenvalue weighted by Crippen LogP contribution is 2.03. The Bertz CT molecular complexity index is 320. The lowest BCUT2D eigenvalue weighted by molar-refractivity contribution is 0.0876. The van der Waals surface area contributed by atoms with E-state index in [4.69, 9.17) is 4.74 Å². The van der Waals surface area contributed by atoms with Gasteiger partial charge < -0.3 is 14.6 Å². The summed E-state index contributed by atoms with van der Waals surface area (Å²) in [7, 11) is 0. The molecule has 1 rings (SSSR count). The Hall–Kier alpha value is -1.06. The summed E-state index contributed by atoms with van der Waals surface area (Å²) in [5.41, 5.74) is 1.34. The van der Waals surface area contributed by atoms with Crippen molar-refractivity contribution < 1.29 is 4.74 Å². The topological polar surface area (TPSA) is 26.2 Å². The molecule has 0 saturated heterocycles. The van der Waals surface area contributed by atoms with Crippen molar-refractivity contribution in [3.05, 3.63) is 36.7 Å². The van der Waals surface area contributed by atoms with Gasteiger partial charge >= 0.3 is 0 Å². The molecular weight excluding hydrogens is 212 g/mol. The fraction of sp³-hybridized carbons (Fsp3) is 0.571. The highest BCUT2D eigenvalue weighted by Gasteiger charge is 2.02. The molecule has 3 heteroatoms. The molecule has 0 bridgehead atoms. The molecule has 0 radical (unpaired) electrons. The molecule has 0 fully saturated rings. The van der Waals surface area contributed by atoms with E-state index >= 15 is 0 Å². The van der Waals surface area contributed by atoms with Crippen LogP contribution in [0.5, 0.6) is 0 Å². The molecule has 0 aliphatic rings. The van der Waals surface area contributed by atoms with E-state index in [1.165, 1.54) is 12.1 Å². The number of ether oxygens (including phenoxy) is 1. The van der Waals surface area contributed by atoms with Crippen molar-refractivity contribution >= 4 is 0 Å². The molecule has 0 saturated carbocycles. The molecule has 1 atom stereocenters. The average Bonchev–Trinajstić information content (AvgIpc) is 2.75. The van der Waals surface area contributed by atoms with Crippen molar-refractivity contribution in [2.75, 3.05) is 13.2 Å². The molecule has 1 unspecified atom stereocenters. The van der Waals surface area contributed by atoms with Gasteiger partial charge in [0, 0.05) is 31.5 Å². The second kappa shape index (κ2) is 8.09. The first-order valence-corrected chi connectivity index (χ1v) is 6.35. The van der Waals surface area contributed by atoms with E-state index in [9.17, 15) is 0 Å². The largest absolute Gasteiger partial charge is 0.373 e. The molecule has 1 heterocycles. The number of aryl methyl sites for hydroxylation is 1. The highest BCUT2D eigenvalue weighted by molar-refractivity contribution is 5.06. The number of nitrogens with zero attached hydrogens (tertiary/aromatic N) is 1. The van der Waals surface area contributed by atoms with Crippen LogP contribution < -0.4 is 5.32 Å². The summed E-state index contributed by atoms with van der Waals surface area (Å²) in [4.78, 5) is 0. The van der Waals surface area contributed by atoms with Gasteiger partial charge in [0.2, 0.25) is 0 Å². The van der Waals surface area contributed by atoms with Gasteiger partial charge in [-0.15, -0.1) is 6.58 Å². The Morgan fingerprint density at radius 2 is 2.41 bits per heavy atom. The van der Waals surface area contributed by atoms with Gasteiger partial charge in [0.1, 0.15) is 0 Å². The van der Waals surface area contributed by atoms with Crippen LogP contribution in [-0.4, -0.2) is 23.8 Å². The van der Waals surface area contributed by atoms with Gasteiger partial charge in [-0.05, 0) is 25.5 Å². The number of hydrogen-bond acceptors (Lipinski definition) is 2. The van der Waals surface area contributed by atoms with Crippen LogP contribution in [0.2, 0.25) is 0 Å². The Balaban J connectivity index is 2.25. The molecule has 17 heavy (non-hydrogen) atoms. The molecule has 0 aromatic carbocycles. The zero-order valence-electron chi connectivity index (χ0n) is 11.0. The van der Waals surface area contributed by atoms with Gasteiger partial charge in [0.25, 0.3) is 0 Å². The fourth-order valence-corrected chi connectivity index (χ4v) is 1.76. The van der Waals surface area contributed by atoms with Gasteiger partial charge in [-0.2, -0.15) is 0 Å². The number of nitrogens with one attached hydrogen (secondary N) is 1. The van der Waals surface area contributed by atoms with Crippen LogP contribution in [0.15, 0.2) is 31.0 Å². The molecular formula is C14H24N2O. The maximum atomic E-state index is 5.50. The van der Waals surface area contributed by atoms with Crippen molar-refractivity contribution in [1.82, 2.24) is 9.88 Å². The average molecular weight is 236 g/mol. The minimum absolute atomic E-state index is 0.225. The quantitative estimate of drug-likeness (QED) is 0.667. The number of hydrogen-bond donors (Lipinski definition) is 1. The Kier molecular flexibility index (Phi) is 6.67. The Morgan fingerprint density at radius 3 is 3.12 bits per heavy atom. The predicted octanol–water partition coefficient (Wildman–Crippen LogP) is 2.58. The van der Waals surface area contributed by atoms with E-state index in [0.717, 1.165) is 19.6 Å². The van der Waals surface area contributed by atoms with E-state index in [2.05, 4.69) is 48.6 Å². The Labute approximate surface area is 104 Å². The lowest BCUT2D eigenvalue weighted by atomic mass is 10.3. The van der Waals surface area contributed by atoms with Gasteiger partial charge in [-0.25, -0.2) is 0 Å². The summed E-state index contributed by atoms with van der Waals surface area (Å²) in [6.45, 7) is 11.4. The first-order chi connectivity index (χ1) is 8.27. The molecule has 1 aromatic heterocycles. The summed E-state index contributed by atoms with van der Waals surface area (Å²) >= 11 is 0. The minimum Gasteiger partial charge on any atom is -0.373 e. The smallest absolute Gasteiger partial charge is 0.0675 e. The SMILES string of the molecule is C=CCOC(C)CNCc1cccn1CCC. The second-order valence-electron chi connectivity index (χ2n) is 4.26. The first kappa shape index (κ1) is 14.0. The van der Waals surface area contributed by atoms with Gasteiger partial charge in [0.15, 0.2) is 0 Å². The van der Waals surface area contributed by atoms with Crippen LogP contribution in [0.4, 0.5) is 0 Å². The molecule has 1 aromatic rings. The lowest BCUT2D eigenvalue weighted by Gasteiger charge is -2.13. The molecule has 96 valence electrons. The fourth-order valence-electron chi connectivity index (χ4n) is 1.76. The van der Waals surface area contributed by atoms with Crippen LogP contribution in [-0.2, 0) is 17.8 Å². The summed E-state index contributed by atoms with van der Waals surface area (Å²) in [6.07, 6.45) is 5.31. The lowest BCUT2D eigenvalue weighted by Crippen LogP contribution is -2.27. The van der Waals surface area contributed by atoms with Crippen molar-refractivity contribution in [2.24, 2.45) is 0 Å². The van der Waals surface area contributed by atoms with Crippen LogP contribution in [0.1, 0.15) is 26.0 Å². The Morgan fingerprint density at radius 1 is 1.59 bits per heavy atom. The summed E-state index contributed by atoms with van der Waals surface area (Å²) in [5, 5.41) is 3.42. The van der Waals surface area contributed by atoms with Crippen LogP contribution in [0, 0.1) is 0 Å². The third-order valence-corrected chi connectivity index (χ3v) is 2.62. The molecule has 1 N–H and O–H groups in total. The van der Waals surface area contributed by atoms with Crippen molar-refractivity contribution in [2.45, 2.75) is 39.5 Å².